The summed E-state index contributed by atoms with van der Waals surface area (Å²) in [5.41, 5.74) is 0.949. The van der Waals surface area contributed by atoms with Gasteiger partial charge in [0.05, 0.1) is 13.2 Å². The molecule has 0 aliphatic heterocycles. The van der Waals surface area contributed by atoms with Crippen molar-refractivity contribution in [1.82, 2.24) is 0 Å². The normalized spacial score (nSPS) is 10.6. The maximum absolute atomic E-state index is 5.80. The molecule has 0 bridgehead atoms. The molecule has 119 valence electrons. The average Bonchev–Trinajstić information content (AvgIpc) is 2.46. The first-order chi connectivity index (χ1) is 10.3. The van der Waals surface area contributed by atoms with E-state index in [1.54, 1.807) is 0 Å². The van der Waals surface area contributed by atoms with Crippen molar-refractivity contribution in [3.8, 4) is 11.5 Å². The van der Waals surface area contributed by atoms with Crippen LogP contribution in [0.3, 0.4) is 0 Å². The molecule has 1 aromatic carbocycles. The van der Waals surface area contributed by atoms with E-state index in [4.69, 9.17) is 9.47 Å². The van der Waals surface area contributed by atoms with Crippen molar-refractivity contribution in [1.29, 1.82) is 0 Å². The van der Waals surface area contributed by atoms with Gasteiger partial charge >= 0.3 is 0 Å². The molecule has 1 rings (SSSR count). The molecular weight excluding hydrogens is 260 g/mol. The summed E-state index contributed by atoms with van der Waals surface area (Å²) >= 11 is 0. The molecule has 1 radical (unpaired) electrons. The third-order valence-electron chi connectivity index (χ3n) is 3.47. The molecule has 0 amide bonds. The first-order valence-corrected chi connectivity index (χ1v) is 8.49. The Morgan fingerprint density at radius 2 is 1.19 bits per heavy atom. The highest BCUT2D eigenvalue weighted by Crippen LogP contribution is 2.23. The fraction of sp³-hybridized carbons (Fsp3) is 0.632. The van der Waals surface area contributed by atoms with E-state index in [0.29, 0.717) is 0 Å². The number of rotatable bonds is 12. The van der Waals surface area contributed by atoms with Crippen LogP contribution < -0.4 is 9.47 Å². The molecule has 0 unspecified atom stereocenters. The topological polar surface area (TPSA) is 18.5 Å². The van der Waals surface area contributed by atoms with Gasteiger partial charge in [-0.05, 0) is 37.5 Å². The Kier molecular flexibility index (Phi) is 9.77. The molecule has 0 aliphatic rings. The van der Waals surface area contributed by atoms with Crippen LogP contribution in [0.5, 0.6) is 11.5 Å². The third-order valence-corrected chi connectivity index (χ3v) is 3.47. The van der Waals surface area contributed by atoms with Gasteiger partial charge in [-0.15, -0.1) is 0 Å². The van der Waals surface area contributed by atoms with Crippen molar-refractivity contribution in [2.45, 2.75) is 65.2 Å². The Morgan fingerprint density at radius 1 is 0.714 bits per heavy atom. The van der Waals surface area contributed by atoms with Gasteiger partial charge in [-0.3, -0.25) is 0 Å². The van der Waals surface area contributed by atoms with Crippen LogP contribution in [-0.4, -0.2) is 13.2 Å². The van der Waals surface area contributed by atoms with Crippen LogP contribution in [0.2, 0.25) is 0 Å². The summed E-state index contributed by atoms with van der Waals surface area (Å²) in [6.45, 7) is 9.99. The molecule has 0 fully saturated rings. The molecule has 0 saturated carbocycles. The lowest BCUT2D eigenvalue weighted by Crippen LogP contribution is -2.00. The van der Waals surface area contributed by atoms with Crippen molar-refractivity contribution < 1.29 is 9.47 Å². The molecule has 2 heteroatoms. The highest BCUT2D eigenvalue weighted by atomic mass is 16.5. The summed E-state index contributed by atoms with van der Waals surface area (Å²) in [5, 5.41) is 0. The zero-order valence-corrected chi connectivity index (χ0v) is 13.8. The first kappa shape index (κ1) is 17.9. The summed E-state index contributed by atoms with van der Waals surface area (Å²) in [6, 6.07) is 5.93. The van der Waals surface area contributed by atoms with E-state index < -0.39 is 0 Å². The first-order valence-electron chi connectivity index (χ1n) is 8.49. The molecule has 0 spiro atoms. The van der Waals surface area contributed by atoms with Gasteiger partial charge in [-0.1, -0.05) is 52.4 Å². The average molecular weight is 291 g/mol. The molecule has 0 heterocycles. The predicted molar refractivity (Wildman–Crippen MR) is 90.2 cm³/mol. The van der Waals surface area contributed by atoms with Crippen LogP contribution in [0.25, 0.3) is 0 Å². The zero-order chi connectivity index (χ0) is 15.3. The summed E-state index contributed by atoms with van der Waals surface area (Å²) in [6.07, 6.45) is 9.78. The van der Waals surface area contributed by atoms with E-state index in [0.717, 1.165) is 43.1 Å². The van der Waals surface area contributed by atoms with Crippen LogP contribution in [0.1, 0.15) is 70.8 Å². The fourth-order valence-corrected chi connectivity index (χ4v) is 2.24. The minimum absolute atomic E-state index is 0.777. The van der Waals surface area contributed by atoms with Crippen molar-refractivity contribution in [2.24, 2.45) is 0 Å². The van der Waals surface area contributed by atoms with E-state index in [1.807, 2.05) is 18.2 Å². The second-order valence-corrected chi connectivity index (χ2v) is 5.63. The Bertz CT molecular complexity index is 342. The number of unbranched alkanes of at least 4 members (excludes halogenated alkanes) is 6. The Labute approximate surface area is 130 Å². The van der Waals surface area contributed by atoms with Gasteiger partial charge in [0.2, 0.25) is 0 Å². The van der Waals surface area contributed by atoms with Crippen molar-refractivity contribution in [3.05, 3.63) is 30.7 Å². The Morgan fingerprint density at radius 3 is 1.62 bits per heavy atom. The third kappa shape index (κ3) is 8.64. The predicted octanol–water partition coefficient (Wildman–Crippen LogP) is 5.79. The van der Waals surface area contributed by atoms with E-state index in [9.17, 15) is 0 Å². The molecule has 0 atom stereocenters. The van der Waals surface area contributed by atoms with Crippen molar-refractivity contribution in [2.75, 3.05) is 13.2 Å². The van der Waals surface area contributed by atoms with Gasteiger partial charge in [0.25, 0.3) is 0 Å². The maximum Gasteiger partial charge on any atom is 0.123 e. The highest BCUT2D eigenvalue weighted by molar-refractivity contribution is 5.39. The second kappa shape index (κ2) is 11.5. The standard InChI is InChI=1S/C19H31O2/c1-4-6-8-10-12-20-18-14-17(3)15-19(16-18)21-13-11-9-7-5-2/h14-16H,3-13H2,1-2H3. The van der Waals surface area contributed by atoms with E-state index in [-0.39, 0.29) is 0 Å². The van der Waals surface area contributed by atoms with Gasteiger partial charge in [-0.2, -0.15) is 0 Å². The largest absolute Gasteiger partial charge is 0.493 e. The van der Waals surface area contributed by atoms with Gasteiger partial charge in [0.15, 0.2) is 0 Å². The number of hydrogen-bond acceptors (Lipinski definition) is 2. The van der Waals surface area contributed by atoms with Crippen molar-refractivity contribution >= 4 is 0 Å². The van der Waals surface area contributed by atoms with Crippen LogP contribution >= 0.6 is 0 Å². The quantitative estimate of drug-likeness (QED) is 0.454. The van der Waals surface area contributed by atoms with Gasteiger partial charge in [0.1, 0.15) is 11.5 Å². The van der Waals surface area contributed by atoms with Gasteiger partial charge in [0, 0.05) is 6.07 Å². The molecule has 21 heavy (non-hydrogen) atoms. The molecule has 1 aromatic rings. The van der Waals surface area contributed by atoms with Gasteiger partial charge in [-0.25, -0.2) is 0 Å². The summed E-state index contributed by atoms with van der Waals surface area (Å²) in [5.74, 6) is 1.75. The van der Waals surface area contributed by atoms with Crippen LogP contribution in [0, 0.1) is 6.92 Å². The monoisotopic (exact) mass is 291 g/mol. The van der Waals surface area contributed by atoms with Crippen LogP contribution in [0.4, 0.5) is 0 Å². The van der Waals surface area contributed by atoms with Gasteiger partial charge < -0.3 is 9.47 Å². The summed E-state index contributed by atoms with van der Waals surface area (Å²) < 4.78 is 11.6. The molecule has 0 aliphatic carbocycles. The molecule has 0 aromatic heterocycles. The molecule has 2 nitrogen and oxygen atoms in total. The minimum Gasteiger partial charge on any atom is -0.493 e. The maximum atomic E-state index is 5.80. The van der Waals surface area contributed by atoms with E-state index in [2.05, 4.69) is 20.8 Å². The molecule has 0 N–H and O–H groups in total. The lowest BCUT2D eigenvalue weighted by molar-refractivity contribution is 0.290. The number of ether oxygens (including phenoxy) is 2. The van der Waals surface area contributed by atoms with E-state index in [1.165, 1.54) is 38.5 Å². The van der Waals surface area contributed by atoms with Crippen LogP contribution in [-0.2, 0) is 0 Å². The Hall–Kier alpha value is -1.18. The zero-order valence-electron chi connectivity index (χ0n) is 13.8. The smallest absolute Gasteiger partial charge is 0.123 e. The van der Waals surface area contributed by atoms with Crippen LogP contribution in [0.15, 0.2) is 18.2 Å². The van der Waals surface area contributed by atoms with E-state index >= 15 is 0 Å². The number of hydrogen-bond donors (Lipinski definition) is 0. The SMILES string of the molecule is [CH2]c1cc(OCCCCCC)cc(OCCCCCC)c1. The second-order valence-electron chi connectivity index (χ2n) is 5.63. The Balaban J connectivity index is 2.32. The van der Waals surface area contributed by atoms with Crippen molar-refractivity contribution in [3.63, 3.8) is 0 Å². The summed E-state index contributed by atoms with van der Waals surface area (Å²) in [4.78, 5) is 0. The lowest BCUT2D eigenvalue weighted by Gasteiger charge is -2.11. The molecular formula is C19H31O2. The summed E-state index contributed by atoms with van der Waals surface area (Å²) in [7, 11) is 0. The lowest BCUT2D eigenvalue weighted by atomic mass is 10.2. The highest BCUT2D eigenvalue weighted by Gasteiger charge is 2.01. The number of benzene rings is 1. The minimum atomic E-state index is 0.777. The molecule has 0 saturated heterocycles. The fourth-order valence-electron chi connectivity index (χ4n) is 2.24.